The third-order valence-corrected chi connectivity index (χ3v) is 5.86. The fourth-order valence-corrected chi connectivity index (χ4v) is 4.64. The van der Waals surface area contributed by atoms with Crippen LogP contribution in [0.3, 0.4) is 0 Å². The first-order valence-corrected chi connectivity index (χ1v) is 9.17. The lowest BCUT2D eigenvalue weighted by molar-refractivity contribution is 1.16. The van der Waals surface area contributed by atoms with Gasteiger partial charge in [0.25, 0.3) is 0 Å². The lowest BCUT2D eigenvalue weighted by atomic mass is 10.0. The highest BCUT2D eigenvalue weighted by atomic mass is 32.2. The number of aromatic nitrogens is 2. The molecule has 4 aromatic rings. The monoisotopic (exact) mass is 331 g/mol. The molecule has 118 valence electrons. The van der Waals surface area contributed by atoms with E-state index in [4.69, 9.17) is 0 Å². The molecule has 0 spiro atoms. The predicted molar refractivity (Wildman–Crippen MR) is 102 cm³/mol. The summed E-state index contributed by atoms with van der Waals surface area (Å²) in [5.41, 5.74) is 7.17. The largest absolute Gasteiger partial charge is 0.361 e. The van der Waals surface area contributed by atoms with Crippen molar-refractivity contribution in [1.82, 2.24) is 9.97 Å². The number of aromatic amines is 1. The van der Waals surface area contributed by atoms with Crippen molar-refractivity contribution in [3.8, 4) is 0 Å². The Morgan fingerprint density at radius 2 is 2.12 bits per heavy atom. The highest BCUT2D eigenvalue weighted by molar-refractivity contribution is 7.99. The van der Waals surface area contributed by atoms with Crippen LogP contribution in [0.2, 0.25) is 0 Å². The molecule has 0 unspecified atom stereocenters. The first-order valence-electron chi connectivity index (χ1n) is 8.18. The summed E-state index contributed by atoms with van der Waals surface area (Å²) in [5, 5.41) is 6.20. The highest BCUT2D eigenvalue weighted by Crippen LogP contribution is 2.41. The standard InChI is InChI=1S/C20H17N3S/c1-12-11-22-17-5-6-18-14(8-10-24-18)19(17)20(12)23-16-4-2-3-15-13(16)7-9-21-15/h2-7,9,11,21H,8,10H2,1H3,(H,22,23). The van der Waals surface area contributed by atoms with Crippen LogP contribution in [0.25, 0.3) is 21.8 Å². The second-order valence-electron chi connectivity index (χ2n) is 6.22. The molecule has 3 nitrogen and oxygen atoms in total. The third-order valence-electron chi connectivity index (χ3n) is 4.75. The number of pyridine rings is 1. The second-order valence-corrected chi connectivity index (χ2v) is 7.36. The predicted octanol–water partition coefficient (Wildman–Crippen LogP) is 5.42. The van der Waals surface area contributed by atoms with Gasteiger partial charge in [0.05, 0.1) is 11.2 Å². The molecule has 0 atom stereocenters. The number of benzene rings is 2. The Morgan fingerprint density at radius 3 is 3.08 bits per heavy atom. The minimum absolute atomic E-state index is 1.07. The third kappa shape index (κ3) is 2.03. The van der Waals surface area contributed by atoms with E-state index >= 15 is 0 Å². The molecule has 2 aromatic carbocycles. The minimum atomic E-state index is 1.07. The van der Waals surface area contributed by atoms with Gasteiger partial charge in [-0.2, -0.15) is 0 Å². The molecule has 1 aliphatic rings. The molecule has 1 aliphatic heterocycles. The van der Waals surface area contributed by atoms with Gasteiger partial charge in [0.2, 0.25) is 0 Å². The molecule has 0 radical (unpaired) electrons. The fourth-order valence-electron chi connectivity index (χ4n) is 3.57. The minimum Gasteiger partial charge on any atom is -0.361 e. The number of fused-ring (bicyclic) bond motifs is 4. The SMILES string of the molecule is Cc1cnc2ccc3c(c2c1Nc1cccc2[nH]ccc12)CCS3. The molecular weight excluding hydrogens is 314 g/mol. The lowest BCUT2D eigenvalue weighted by Gasteiger charge is -2.16. The van der Waals surface area contributed by atoms with E-state index in [0.29, 0.717) is 0 Å². The molecule has 0 saturated heterocycles. The number of nitrogens with zero attached hydrogens (tertiary/aromatic N) is 1. The molecule has 0 saturated carbocycles. The van der Waals surface area contributed by atoms with Gasteiger partial charge >= 0.3 is 0 Å². The molecule has 24 heavy (non-hydrogen) atoms. The van der Waals surface area contributed by atoms with Gasteiger partial charge in [-0.1, -0.05) is 6.07 Å². The molecule has 5 rings (SSSR count). The van der Waals surface area contributed by atoms with Crippen molar-refractivity contribution in [3.63, 3.8) is 0 Å². The fraction of sp³-hybridized carbons (Fsp3) is 0.150. The van der Waals surface area contributed by atoms with E-state index in [9.17, 15) is 0 Å². The topological polar surface area (TPSA) is 40.7 Å². The Hall–Kier alpha value is -2.46. The van der Waals surface area contributed by atoms with Crippen molar-refractivity contribution in [2.45, 2.75) is 18.2 Å². The Kier molecular flexibility index (Phi) is 3.06. The van der Waals surface area contributed by atoms with Crippen molar-refractivity contribution in [1.29, 1.82) is 0 Å². The van der Waals surface area contributed by atoms with Crippen LogP contribution in [-0.2, 0) is 6.42 Å². The summed E-state index contributed by atoms with van der Waals surface area (Å²) >= 11 is 1.95. The maximum absolute atomic E-state index is 4.66. The van der Waals surface area contributed by atoms with Crippen LogP contribution in [0.1, 0.15) is 11.1 Å². The Labute approximate surface area is 144 Å². The van der Waals surface area contributed by atoms with Crippen LogP contribution < -0.4 is 5.32 Å². The molecule has 0 bridgehead atoms. The number of hydrogen-bond donors (Lipinski definition) is 2. The summed E-state index contributed by atoms with van der Waals surface area (Å²) in [6.45, 7) is 2.13. The molecule has 3 heterocycles. The van der Waals surface area contributed by atoms with Crippen LogP contribution in [0.15, 0.2) is 53.7 Å². The van der Waals surface area contributed by atoms with E-state index in [-0.39, 0.29) is 0 Å². The van der Waals surface area contributed by atoms with E-state index in [1.54, 1.807) is 0 Å². The zero-order chi connectivity index (χ0) is 16.1. The number of nitrogens with one attached hydrogen (secondary N) is 2. The average Bonchev–Trinajstić information content (AvgIpc) is 3.25. The van der Waals surface area contributed by atoms with Gasteiger partial charge in [-0.3, -0.25) is 4.98 Å². The van der Waals surface area contributed by atoms with E-state index in [1.807, 2.05) is 24.2 Å². The molecule has 2 aromatic heterocycles. The van der Waals surface area contributed by atoms with Crippen molar-refractivity contribution in [2.24, 2.45) is 0 Å². The van der Waals surface area contributed by atoms with Crippen LogP contribution in [0, 0.1) is 6.92 Å². The summed E-state index contributed by atoms with van der Waals surface area (Å²) in [6, 6.07) is 12.8. The number of thioether (sulfide) groups is 1. The van der Waals surface area contributed by atoms with E-state index in [0.717, 1.165) is 28.9 Å². The molecule has 2 N–H and O–H groups in total. The molecular formula is C20H17N3S. The quantitative estimate of drug-likeness (QED) is 0.515. The summed E-state index contributed by atoms with van der Waals surface area (Å²) in [7, 11) is 0. The van der Waals surface area contributed by atoms with E-state index in [2.05, 4.69) is 58.6 Å². The average molecular weight is 331 g/mol. The van der Waals surface area contributed by atoms with Crippen LogP contribution in [0.5, 0.6) is 0 Å². The molecule has 0 amide bonds. The maximum atomic E-state index is 4.66. The Balaban J connectivity index is 1.76. The number of hydrogen-bond acceptors (Lipinski definition) is 3. The van der Waals surface area contributed by atoms with Gasteiger partial charge in [0.15, 0.2) is 0 Å². The van der Waals surface area contributed by atoms with Crippen molar-refractivity contribution in [3.05, 3.63) is 59.9 Å². The zero-order valence-electron chi connectivity index (χ0n) is 13.4. The maximum Gasteiger partial charge on any atom is 0.0726 e. The molecule has 0 fully saturated rings. The van der Waals surface area contributed by atoms with Gasteiger partial charge in [-0.05, 0) is 54.8 Å². The Morgan fingerprint density at radius 1 is 1.17 bits per heavy atom. The van der Waals surface area contributed by atoms with Gasteiger partial charge < -0.3 is 10.3 Å². The summed E-state index contributed by atoms with van der Waals surface area (Å²) in [4.78, 5) is 9.34. The smallest absolute Gasteiger partial charge is 0.0726 e. The van der Waals surface area contributed by atoms with Gasteiger partial charge in [-0.15, -0.1) is 11.8 Å². The lowest BCUT2D eigenvalue weighted by Crippen LogP contribution is -1.99. The zero-order valence-corrected chi connectivity index (χ0v) is 14.2. The van der Waals surface area contributed by atoms with Crippen molar-refractivity contribution >= 4 is 44.9 Å². The molecule has 4 heteroatoms. The summed E-state index contributed by atoms with van der Waals surface area (Å²) in [6.07, 6.45) is 5.07. The number of rotatable bonds is 2. The summed E-state index contributed by atoms with van der Waals surface area (Å²) < 4.78 is 0. The Bertz CT molecular complexity index is 1080. The van der Waals surface area contributed by atoms with Crippen molar-refractivity contribution < 1.29 is 0 Å². The van der Waals surface area contributed by atoms with E-state index in [1.165, 1.54) is 32.5 Å². The van der Waals surface area contributed by atoms with Crippen LogP contribution in [-0.4, -0.2) is 15.7 Å². The summed E-state index contributed by atoms with van der Waals surface area (Å²) in [5.74, 6) is 1.16. The van der Waals surface area contributed by atoms with Crippen LogP contribution in [0.4, 0.5) is 11.4 Å². The molecule has 0 aliphatic carbocycles. The number of anilines is 2. The van der Waals surface area contributed by atoms with Crippen LogP contribution >= 0.6 is 11.8 Å². The normalized spacial score (nSPS) is 13.5. The number of H-pyrrole nitrogens is 1. The second kappa shape index (κ2) is 5.28. The van der Waals surface area contributed by atoms with Gasteiger partial charge in [0, 0.05) is 45.0 Å². The first-order chi connectivity index (χ1) is 11.8. The van der Waals surface area contributed by atoms with E-state index < -0.39 is 0 Å². The van der Waals surface area contributed by atoms with Crippen molar-refractivity contribution in [2.75, 3.05) is 11.1 Å². The first kappa shape index (κ1) is 13.9. The number of aryl methyl sites for hydroxylation is 2. The highest BCUT2D eigenvalue weighted by Gasteiger charge is 2.19. The van der Waals surface area contributed by atoms with Gasteiger partial charge in [0.1, 0.15) is 0 Å². The van der Waals surface area contributed by atoms with Gasteiger partial charge in [-0.25, -0.2) is 0 Å².